The number of alkyl halides is 3. The summed E-state index contributed by atoms with van der Waals surface area (Å²) in [6.45, 7) is 6.90. The lowest BCUT2D eigenvalue weighted by Gasteiger charge is -2.39. The predicted octanol–water partition coefficient (Wildman–Crippen LogP) is 4.72. The summed E-state index contributed by atoms with van der Waals surface area (Å²) >= 11 is 0. The van der Waals surface area contributed by atoms with Gasteiger partial charge in [0.25, 0.3) is 0 Å². The van der Waals surface area contributed by atoms with E-state index in [1.807, 2.05) is 37.4 Å². The Morgan fingerprint density at radius 3 is 2.52 bits per heavy atom. The first kappa shape index (κ1) is 29.4. The molecule has 1 aromatic heterocycles. The number of benzene rings is 2. The molecule has 0 spiro atoms. The van der Waals surface area contributed by atoms with Gasteiger partial charge < -0.3 is 20.0 Å². The van der Waals surface area contributed by atoms with Gasteiger partial charge in [0.1, 0.15) is 5.82 Å². The Balaban J connectivity index is 1.32. The van der Waals surface area contributed by atoms with Gasteiger partial charge in [-0.05, 0) is 49.9 Å². The monoisotopic (exact) mass is 606 g/mol. The van der Waals surface area contributed by atoms with Crippen LogP contribution in [0.4, 0.5) is 46.8 Å². The standard InChI is InChI=1S/C31H33F3N8O2/c1-3-27(43)40-12-11-24(20-40)42-28-21(19-41(30(42)44)23-7-5-4-6-8-23)18-35-29(37-28)36-22-9-10-26(25(17-22)31(32,33)34)39-15-13-38(2)14-16-39/h3-10,17-18,24H,1,11-16,19-20H2,2H3,(H,35,36,37)/t24-/m0/s1. The molecule has 2 aromatic carbocycles. The van der Waals surface area contributed by atoms with Crippen molar-refractivity contribution < 1.29 is 22.8 Å². The summed E-state index contributed by atoms with van der Waals surface area (Å²) in [6, 6.07) is 12.7. The summed E-state index contributed by atoms with van der Waals surface area (Å²) in [6.07, 6.45) is -1.19. The van der Waals surface area contributed by atoms with Gasteiger partial charge in [-0.15, -0.1) is 0 Å². The zero-order valence-corrected chi connectivity index (χ0v) is 24.3. The average Bonchev–Trinajstić information content (AvgIpc) is 3.51. The van der Waals surface area contributed by atoms with E-state index in [2.05, 4.69) is 26.8 Å². The SMILES string of the molecule is C=CC(=O)N1CC[C@H](N2C(=O)N(c3ccccc3)Cc3cnc(Nc4ccc(N5CCN(C)CC5)c(C(F)(F)F)c4)nc32)C1. The van der Waals surface area contributed by atoms with Gasteiger partial charge in [-0.1, -0.05) is 24.8 Å². The number of carbonyl (C=O) groups excluding carboxylic acids is 2. The number of hydrogen-bond donors (Lipinski definition) is 1. The number of aromatic nitrogens is 2. The van der Waals surface area contributed by atoms with Crippen molar-refractivity contribution in [1.82, 2.24) is 19.8 Å². The second kappa shape index (κ2) is 11.8. The molecule has 4 heterocycles. The highest BCUT2D eigenvalue weighted by Gasteiger charge is 2.41. The minimum atomic E-state index is -4.56. The van der Waals surface area contributed by atoms with Crippen molar-refractivity contribution in [2.75, 3.05) is 66.3 Å². The van der Waals surface area contributed by atoms with E-state index in [1.54, 1.807) is 31.9 Å². The first-order valence-corrected chi connectivity index (χ1v) is 14.5. The normalized spacial score (nSPS) is 19.3. The summed E-state index contributed by atoms with van der Waals surface area (Å²) in [7, 11) is 1.95. The Hall–Kier alpha value is -4.65. The average molecular weight is 607 g/mol. The Kier molecular flexibility index (Phi) is 7.89. The second-order valence-corrected chi connectivity index (χ2v) is 11.2. The van der Waals surface area contributed by atoms with Gasteiger partial charge in [0.05, 0.1) is 18.2 Å². The fraction of sp³-hybridized carbons (Fsp3) is 0.355. The maximum absolute atomic E-state index is 14.2. The molecule has 44 heavy (non-hydrogen) atoms. The van der Waals surface area contributed by atoms with Crippen molar-refractivity contribution in [2.24, 2.45) is 0 Å². The van der Waals surface area contributed by atoms with Crippen molar-refractivity contribution >= 4 is 40.8 Å². The van der Waals surface area contributed by atoms with Crippen LogP contribution in [-0.4, -0.2) is 84.1 Å². The molecule has 2 saturated heterocycles. The molecule has 0 aliphatic carbocycles. The molecule has 3 aliphatic rings. The Morgan fingerprint density at radius 1 is 1.07 bits per heavy atom. The van der Waals surface area contributed by atoms with Gasteiger partial charge in [0, 0.05) is 68.1 Å². The lowest BCUT2D eigenvalue weighted by atomic mass is 10.1. The third kappa shape index (κ3) is 5.79. The summed E-state index contributed by atoms with van der Waals surface area (Å²) < 4.78 is 42.6. The fourth-order valence-corrected chi connectivity index (χ4v) is 5.95. The number of amides is 3. The van der Waals surface area contributed by atoms with E-state index in [1.165, 1.54) is 12.1 Å². The summed E-state index contributed by atoms with van der Waals surface area (Å²) in [5.74, 6) is 0.206. The number of rotatable bonds is 6. The van der Waals surface area contributed by atoms with Crippen LogP contribution in [0.2, 0.25) is 0 Å². The van der Waals surface area contributed by atoms with Gasteiger partial charge in [0.2, 0.25) is 11.9 Å². The number of anilines is 5. The van der Waals surface area contributed by atoms with E-state index in [0.717, 1.165) is 6.07 Å². The van der Waals surface area contributed by atoms with Crippen molar-refractivity contribution in [3.63, 3.8) is 0 Å². The van der Waals surface area contributed by atoms with Gasteiger partial charge in [-0.25, -0.2) is 9.78 Å². The molecule has 6 rings (SSSR count). The maximum Gasteiger partial charge on any atom is 0.418 e. The molecule has 0 unspecified atom stereocenters. The van der Waals surface area contributed by atoms with Crippen LogP contribution >= 0.6 is 0 Å². The zero-order valence-electron chi connectivity index (χ0n) is 24.3. The maximum atomic E-state index is 14.2. The molecular weight excluding hydrogens is 573 g/mol. The third-order valence-electron chi connectivity index (χ3n) is 8.32. The highest BCUT2D eigenvalue weighted by Crippen LogP contribution is 2.40. The molecule has 3 aliphatic heterocycles. The summed E-state index contributed by atoms with van der Waals surface area (Å²) in [4.78, 5) is 44.0. The van der Waals surface area contributed by atoms with Crippen LogP contribution in [0, 0.1) is 0 Å². The first-order valence-electron chi connectivity index (χ1n) is 14.5. The van der Waals surface area contributed by atoms with E-state index in [0.29, 0.717) is 62.8 Å². The van der Waals surface area contributed by atoms with Crippen molar-refractivity contribution in [3.8, 4) is 0 Å². The number of nitrogens with zero attached hydrogens (tertiary/aromatic N) is 7. The minimum absolute atomic E-state index is 0.0622. The summed E-state index contributed by atoms with van der Waals surface area (Å²) in [5, 5.41) is 2.93. The molecule has 230 valence electrons. The minimum Gasteiger partial charge on any atom is -0.368 e. The van der Waals surface area contributed by atoms with Gasteiger partial charge in [-0.2, -0.15) is 18.2 Å². The second-order valence-electron chi connectivity index (χ2n) is 11.2. The lowest BCUT2D eigenvalue weighted by molar-refractivity contribution is -0.137. The molecule has 0 bridgehead atoms. The Bertz CT molecular complexity index is 1560. The van der Waals surface area contributed by atoms with Crippen molar-refractivity contribution in [3.05, 3.63) is 78.5 Å². The number of halogens is 3. The number of likely N-dealkylation sites (tertiary alicyclic amines) is 1. The van der Waals surface area contributed by atoms with E-state index in [-0.39, 0.29) is 41.8 Å². The first-order chi connectivity index (χ1) is 21.1. The van der Waals surface area contributed by atoms with Crippen LogP contribution in [0.3, 0.4) is 0 Å². The Morgan fingerprint density at radius 2 is 1.82 bits per heavy atom. The number of piperazine rings is 1. The number of likely N-dealkylation sites (N-methyl/N-ethyl adjacent to an activating group) is 1. The molecule has 1 N–H and O–H groups in total. The fourth-order valence-electron chi connectivity index (χ4n) is 5.95. The molecular formula is C31H33F3N8O2. The smallest absolute Gasteiger partial charge is 0.368 e. The third-order valence-corrected chi connectivity index (χ3v) is 8.32. The van der Waals surface area contributed by atoms with Crippen LogP contribution in [-0.2, 0) is 17.5 Å². The quantitative estimate of drug-likeness (QED) is 0.406. The molecule has 1 atom stereocenters. The molecule has 3 aromatic rings. The lowest BCUT2D eigenvalue weighted by Crippen LogP contribution is -2.53. The van der Waals surface area contributed by atoms with Gasteiger partial charge in [0.15, 0.2) is 0 Å². The number of nitrogens with one attached hydrogen (secondary N) is 1. The number of fused-ring (bicyclic) bond motifs is 1. The van der Waals surface area contributed by atoms with Crippen LogP contribution in [0.1, 0.15) is 17.5 Å². The highest BCUT2D eigenvalue weighted by molar-refractivity contribution is 6.06. The van der Waals surface area contributed by atoms with Crippen molar-refractivity contribution in [2.45, 2.75) is 25.2 Å². The molecule has 10 nitrogen and oxygen atoms in total. The number of hydrogen-bond acceptors (Lipinski definition) is 7. The molecule has 0 radical (unpaired) electrons. The predicted molar refractivity (Wildman–Crippen MR) is 162 cm³/mol. The number of urea groups is 1. The van der Waals surface area contributed by atoms with Crippen LogP contribution < -0.4 is 20.0 Å². The van der Waals surface area contributed by atoms with Crippen molar-refractivity contribution in [1.29, 1.82) is 0 Å². The Labute approximate surface area is 253 Å². The van der Waals surface area contributed by atoms with E-state index >= 15 is 0 Å². The van der Waals surface area contributed by atoms with Crippen LogP contribution in [0.15, 0.2) is 67.4 Å². The van der Waals surface area contributed by atoms with E-state index in [4.69, 9.17) is 0 Å². The zero-order chi connectivity index (χ0) is 31.0. The van der Waals surface area contributed by atoms with Crippen LogP contribution in [0.5, 0.6) is 0 Å². The van der Waals surface area contributed by atoms with E-state index < -0.39 is 11.7 Å². The number of para-hydroxylation sites is 1. The van der Waals surface area contributed by atoms with Crippen LogP contribution in [0.25, 0.3) is 0 Å². The highest BCUT2D eigenvalue weighted by atomic mass is 19.4. The number of carbonyl (C=O) groups is 2. The molecule has 13 heteroatoms. The molecule has 3 amide bonds. The molecule has 0 saturated carbocycles. The molecule has 2 fully saturated rings. The van der Waals surface area contributed by atoms with Gasteiger partial charge >= 0.3 is 12.2 Å². The topological polar surface area (TPSA) is 88.1 Å². The van der Waals surface area contributed by atoms with E-state index in [9.17, 15) is 22.8 Å². The van der Waals surface area contributed by atoms with Gasteiger partial charge in [-0.3, -0.25) is 14.6 Å². The largest absolute Gasteiger partial charge is 0.418 e. The summed E-state index contributed by atoms with van der Waals surface area (Å²) in [5.41, 5.74) is 0.957.